The molecular formula is C13H13BrFN3O. The van der Waals surface area contributed by atoms with Gasteiger partial charge in [-0.2, -0.15) is 5.10 Å². The number of hydrogen-bond acceptors (Lipinski definition) is 2. The summed E-state index contributed by atoms with van der Waals surface area (Å²) < 4.78 is 15.9. The Labute approximate surface area is 118 Å². The van der Waals surface area contributed by atoms with Crippen molar-refractivity contribution in [2.45, 2.75) is 13.5 Å². The minimum atomic E-state index is -0.440. The first-order valence-corrected chi connectivity index (χ1v) is 6.59. The molecule has 0 bridgehead atoms. The zero-order chi connectivity index (χ0) is 13.8. The molecule has 1 aromatic heterocycles. The average molecular weight is 326 g/mol. The summed E-state index contributed by atoms with van der Waals surface area (Å²) in [4.78, 5) is 11.9. The number of rotatable bonds is 4. The van der Waals surface area contributed by atoms with Crippen LogP contribution in [0.25, 0.3) is 0 Å². The average Bonchev–Trinajstić information content (AvgIpc) is 2.77. The summed E-state index contributed by atoms with van der Waals surface area (Å²) in [7, 11) is 0. The predicted octanol–water partition coefficient (Wildman–Crippen LogP) is 3.06. The van der Waals surface area contributed by atoms with Crippen molar-refractivity contribution in [3.8, 4) is 0 Å². The Morgan fingerprint density at radius 1 is 1.53 bits per heavy atom. The van der Waals surface area contributed by atoms with E-state index >= 15 is 0 Å². The maximum Gasteiger partial charge on any atom is 0.229 e. The van der Waals surface area contributed by atoms with Gasteiger partial charge in [-0.3, -0.25) is 9.48 Å². The fourth-order valence-electron chi connectivity index (χ4n) is 1.62. The van der Waals surface area contributed by atoms with Crippen LogP contribution in [0.5, 0.6) is 0 Å². The van der Waals surface area contributed by atoms with Gasteiger partial charge in [0.25, 0.3) is 0 Å². The summed E-state index contributed by atoms with van der Waals surface area (Å²) in [5.41, 5.74) is 0.195. The largest absolute Gasteiger partial charge is 0.323 e. The number of carbonyl (C=O) groups is 1. The fourth-order valence-corrected chi connectivity index (χ4v) is 1.95. The number of benzene rings is 1. The Kier molecular flexibility index (Phi) is 4.31. The van der Waals surface area contributed by atoms with Crippen LogP contribution in [0.15, 0.2) is 41.1 Å². The van der Waals surface area contributed by atoms with Gasteiger partial charge in [0.1, 0.15) is 5.82 Å². The van der Waals surface area contributed by atoms with Crippen LogP contribution in [0.3, 0.4) is 0 Å². The van der Waals surface area contributed by atoms with Gasteiger partial charge in [-0.1, -0.05) is 19.1 Å². The smallest absolute Gasteiger partial charge is 0.229 e. The Morgan fingerprint density at radius 3 is 2.89 bits per heavy atom. The molecule has 0 saturated heterocycles. The van der Waals surface area contributed by atoms with Gasteiger partial charge in [0.2, 0.25) is 5.91 Å². The van der Waals surface area contributed by atoms with Gasteiger partial charge in [-0.05, 0) is 28.1 Å². The van der Waals surface area contributed by atoms with E-state index in [9.17, 15) is 9.18 Å². The van der Waals surface area contributed by atoms with Crippen molar-refractivity contribution >= 4 is 27.5 Å². The van der Waals surface area contributed by atoms with Crippen LogP contribution in [0.4, 0.5) is 10.1 Å². The SMILES string of the molecule is CC(Cn1cc(Br)cn1)C(=O)Nc1ccccc1F. The number of hydrogen-bond donors (Lipinski definition) is 1. The first-order chi connectivity index (χ1) is 9.06. The maximum atomic E-state index is 13.4. The van der Waals surface area contributed by atoms with Crippen LogP contribution in [0.1, 0.15) is 6.92 Å². The number of anilines is 1. The van der Waals surface area contributed by atoms with Crippen LogP contribution in [0, 0.1) is 11.7 Å². The van der Waals surface area contributed by atoms with Crippen LogP contribution in [-0.2, 0) is 11.3 Å². The molecule has 1 unspecified atom stereocenters. The van der Waals surface area contributed by atoms with Gasteiger partial charge in [0.05, 0.1) is 28.8 Å². The molecule has 2 aromatic rings. The molecule has 0 radical (unpaired) electrons. The summed E-state index contributed by atoms with van der Waals surface area (Å²) in [6.07, 6.45) is 3.44. The van der Waals surface area contributed by atoms with Crippen LogP contribution >= 0.6 is 15.9 Å². The Bertz CT molecular complexity index is 585. The zero-order valence-corrected chi connectivity index (χ0v) is 11.9. The summed E-state index contributed by atoms with van der Waals surface area (Å²) in [6, 6.07) is 6.10. The molecule has 6 heteroatoms. The van der Waals surface area contributed by atoms with Crippen molar-refractivity contribution in [3.05, 3.63) is 46.9 Å². The van der Waals surface area contributed by atoms with Crippen molar-refractivity contribution in [2.24, 2.45) is 5.92 Å². The molecule has 4 nitrogen and oxygen atoms in total. The molecule has 1 atom stereocenters. The van der Waals surface area contributed by atoms with E-state index < -0.39 is 5.82 Å². The third kappa shape index (κ3) is 3.64. The van der Waals surface area contributed by atoms with Crippen LogP contribution in [0.2, 0.25) is 0 Å². The standard InChI is InChI=1S/C13H13BrFN3O/c1-9(7-18-8-10(14)6-16-18)13(19)17-12-5-3-2-4-11(12)15/h2-6,8-9H,7H2,1H3,(H,17,19). The number of carbonyl (C=O) groups excluding carboxylic acids is 1. The first kappa shape index (κ1) is 13.7. The minimum absolute atomic E-state index is 0.195. The Morgan fingerprint density at radius 2 is 2.26 bits per heavy atom. The number of aromatic nitrogens is 2. The van der Waals surface area contributed by atoms with E-state index in [0.29, 0.717) is 6.54 Å². The normalized spacial score (nSPS) is 12.2. The van der Waals surface area contributed by atoms with Crippen LogP contribution < -0.4 is 5.32 Å². The number of para-hydroxylation sites is 1. The lowest BCUT2D eigenvalue weighted by Gasteiger charge is -2.12. The minimum Gasteiger partial charge on any atom is -0.323 e. The highest BCUT2D eigenvalue weighted by Crippen LogP contribution is 2.14. The summed E-state index contributed by atoms with van der Waals surface area (Å²) in [6.45, 7) is 2.21. The molecule has 1 aromatic carbocycles. The molecule has 100 valence electrons. The molecule has 19 heavy (non-hydrogen) atoms. The quantitative estimate of drug-likeness (QED) is 0.939. The number of halogens is 2. The molecule has 0 saturated carbocycles. The summed E-state index contributed by atoms with van der Waals surface area (Å²) >= 11 is 3.29. The molecule has 0 fully saturated rings. The molecule has 1 heterocycles. The number of nitrogens with one attached hydrogen (secondary N) is 1. The second kappa shape index (κ2) is 5.97. The van der Waals surface area contributed by atoms with Crippen LogP contribution in [-0.4, -0.2) is 15.7 Å². The van der Waals surface area contributed by atoms with Crippen molar-refractivity contribution in [1.29, 1.82) is 0 Å². The lowest BCUT2D eigenvalue weighted by atomic mass is 10.1. The highest BCUT2D eigenvalue weighted by molar-refractivity contribution is 9.10. The van der Waals surface area contributed by atoms with Crippen molar-refractivity contribution in [1.82, 2.24) is 9.78 Å². The fraction of sp³-hybridized carbons (Fsp3) is 0.231. The van der Waals surface area contributed by atoms with E-state index in [1.807, 2.05) is 0 Å². The van der Waals surface area contributed by atoms with Crippen molar-refractivity contribution in [2.75, 3.05) is 5.32 Å². The second-order valence-corrected chi connectivity index (χ2v) is 5.17. The molecule has 2 rings (SSSR count). The second-order valence-electron chi connectivity index (χ2n) is 4.25. The number of amides is 1. The molecular weight excluding hydrogens is 313 g/mol. The van der Waals surface area contributed by atoms with Gasteiger partial charge >= 0.3 is 0 Å². The Hall–Kier alpha value is -1.69. The van der Waals surface area contributed by atoms with Gasteiger partial charge in [-0.15, -0.1) is 0 Å². The van der Waals surface area contributed by atoms with Gasteiger partial charge < -0.3 is 5.32 Å². The van der Waals surface area contributed by atoms with E-state index in [0.717, 1.165) is 4.47 Å². The lowest BCUT2D eigenvalue weighted by Crippen LogP contribution is -2.25. The van der Waals surface area contributed by atoms with E-state index in [-0.39, 0.29) is 17.5 Å². The van der Waals surface area contributed by atoms with E-state index in [2.05, 4.69) is 26.3 Å². The van der Waals surface area contributed by atoms with Crippen molar-refractivity contribution in [3.63, 3.8) is 0 Å². The van der Waals surface area contributed by atoms with E-state index in [1.165, 1.54) is 12.1 Å². The van der Waals surface area contributed by atoms with E-state index in [4.69, 9.17) is 0 Å². The third-order valence-corrected chi connectivity index (χ3v) is 3.05. The third-order valence-electron chi connectivity index (χ3n) is 2.64. The van der Waals surface area contributed by atoms with Crippen molar-refractivity contribution < 1.29 is 9.18 Å². The maximum absolute atomic E-state index is 13.4. The highest BCUT2D eigenvalue weighted by atomic mass is 79.9. The zero-order valence-electron chi connectivity index (χ0n) is 10.3. The molecule has 1 amide bonds. The summed E-state index contributed by atoms with van der Waals surface area (Å²) in [5, 5.41) is 6.65. The predicted molar refractivity (Wildman–Crippen MR) is 74.1 cm³/mol. The molecule has 0 aliphatic rings. The molecule has 0 spiro atoms. The van der Waals surface area contributed by atoms with Gasteiger partial charge in [-0.25, -0.2) is 4.39 Å². The lowest BCUT2D eigenvalue weighted by molar-refractivity contribution is -0.119. The summed E-state index contributed by atoms with van der Waals surface area (Å²) in [5.74, 6) is -0.993. The monoisotopic (exact) mass is 325 g/mol. The molecule has 0 aliphatic heterocycles. The van der Waals surface area contributed by atoms with Gasteiger partial charge in [0.15, 0.2) is 0 Å². The number of nitrogens with zero attached hydrogens (tertiary/aromatic N) is 2. The van der Waals surface area contributed by atoms with Gasteiger partial charge in [0, 0.05) is 6.20 Å². The molecule has 0 aliphatic carbocycles. The first-order valence-electron chi connectivity index (χ1n) is 5.79. The highest BCUT2D eigenvalue weighted by Gasteiger charge is 2.15. The molecule has 1 N–H and O–H groups in total. The topological polar surface area (TPSA) is 46.9 Å². The van der Waals surface area contributed by atoms with E-state index in [1.54, 1.807) is 36.1 Å². The Balaban J connectivity index is 1.98.